The summed E-state index contributed by atoms with van der Waals surface area (Å²) < 4.78 is 16.7. The molecule has 0 radical (unpaired) electrons. The minimum atomic E-state index is -0.555. The Hall–Kier alpha value is -3.02. The molecular formula is C18H15NO5. The maximum atomic E-state index is 12.3. The van der Waals surface area contributed by atoms with Crippen molar-refractivity contribution in [3.8, 4) is 17.2 Å². The van der Waals surface area contributed by atoms with Crippen LogP contribution >= 0.6 is 0 Å². The molecule has 0 saturated carbocycles. The number of anilines is 1. The molecule has 0 N–H and O–H groups in total. The number of fused-ring (bicyclic) bond motifs is 2. The molecule has 2 heterocycles. The maximum absolute atomic E-state index is 12.3. The van der Waals surface area contributed by atoms with Crippen molar-refractivity contribution in [1.82, 2.24) is 0 Å². The number of methoxy groups -OCH3 is 1. The number of para-hydroxylation sites is 2. The fourth-order valence-corrected chi connectivity index (χ4v) is 2.94. The molecule has 0 aliphatic carbocycles. The first kappa shape index (κ1) is 14.6. The van der Waals surface area contributed by atoms with Gasteiger partial charge in [-0.3, -0.25) is 9.59 Å². The van der Waals surface area contributed by atoms with Gasteiger partial charge in [0.1, 0.15) is 12.4 Å². The van der Waals surface area contributed by atoms with Crippen molar-refractivity contribution in [1.29, 1.82) is 0 Å². The van der Waals surface area contributed by atoms with Gasteiger partial charge in [0.25, 0.3) is 11.7 Å². The standard InChI is InChI=1S/C18H15NO5/c1-22-11-6-7-14-13(8-11)17(20)18(21)19(14)9-12-10-23-15-4-2-3-5-16(15)24-12/h2-8,12H,9-10H2,1H3/t12-/m1/s1. The molecule has 0 unspecified atom stereocenters. The lowest BCUT2D eigenvalue weighted by molar-refractivity contribution is -0.114. The van der Waals surface area contributed by atoms with E-state index >= 15 is 0 Å². The number of benzene rings is 2. The molecule has 6 nitrogen and oxygen atoms in total. The summed E-state index contributed by atoms with van der Waals surface area (Å²) in [5.41, 5.74) is 0.935. The van der Waals surface area contributed by atoms with Gasteiger partial charge in [-0.05, 0) is 30.3 Å². The number of carbonyl (C=O) groups is 2. The van der Waals surface area contributed by atoms with Gasteiger partial charge in [-0.1, -0.05) is 12.1 Å². The predicted octanol–water partition coefficient (Wildman–Crippen LogP) is 2.06. The first-order chi connectivity index (χ1) is 11.7. The lowest BCUT2D eigenvalue weighted by Crippen LogP contribution is -2.43. The zero-order chi connectivity index (χ0) is 16.7. The van der Waals surface area contributed by atoms with Gasteiger partial charge in [0, 0.05) is 0 Å². The lowest BCUT2D eigenvalue weighted by atomic mass is 10.1. The minimum Gasteiger partial charge on any atom is -0.497 e. The van der Waals surface area contributed by atoms with E-state index in [4.69, 9.17) is 14.2 Å². The molecule has 0 aromatic heterocycles. The van der Waals surface area contributed by atoms with E-state index in [1.807, 2.05) is 24.3 Å². The molecule has 1 amide bonds. The Morgan fingerprint density at radius 3 is 2.75 bits per heavy atom. The van der Waals surface area contributed by atoms with Gasteiger partial charge in [-0.15, -0.1) is 0 Å². The Morgan fingerprint density at radius 2 is 1.96 bits per heavy atom. The topological polar surface area (TPSA) is 65.1 Å². The average molecular weight is 325 g/mol. The number of ketones is 1. The van der Waals surface area contributed by atoms with Crippen LogP contribution in [0.1, 0.15) is 10.4 Å². The molecule has 0 saturated heterocycles. The smallest absolute Gasteiger partial charge is 0.299 e. The van der Waals surface area contributed by atoms with Crippen LogP contribution in [-0.4, -0.2) is 38.1 Å². The summed E-state index contributed by atoms with van der Waals surface area (Å²) in [7, 11) is 1.52. The van der Waals surface area contributed by atoms with Crippen LogP contribution in [-0.2, 0) is 4.79 Å². The van der Waals surface area contributed by atoms with Crippen molar-refractivity contribution in [2.24, 2.45) is 0 Å². The highest BCUT2D eigenvalue weighted by molar-refractivity contribution is 6.52. The molecule has 0 fully saturated rings. The minimum absolute atomic E-state index is 0.248. The first-order valence-electron chi connectivity index (χ1n) is 7.60. The van der Waals surface area contributed by atoms with Crippen molar-refractivity contribution < 1.29 is 23.8 Å². The highest BCUT2D eigenvalue weighted by Crippen LogP contribution is 2.34. The lowest BCUT2D eigenvalue weighted by Gasteiger charge is -2.29. The van der Waals surface area contributed by atoms with Crippen molar-refractivity contribution >= 4 is 17.4 Å². The monoisotopic (exact) mass is 325 g/mol. The second-order valence-electron chi connectivity index (χ2n) is 5.63. The molecule has 2 aromatic rings. The van der Waals surface area contributed by atoms with E-state index in [9.17, 15) is 9.59 Å². The third kappa shape index (κ3) is 2.27. The second-order valence-corrected chi connectivity index (χ2v) is 5.63. The number of rotatable bonds is 3. The number of carbonyl (C=O) groups excluding carboxylic acids is 2. The molecule has 2 aromatic carbocycles. The van der Waals surface area contributed by atoms with Crippen molar-refractivity contribution in [2.45, 2.75) is 6.10 Å². The molecule has 6 heteroatoms. The highest BCUT2D eigenvalue weighted by Gasteiger charge is 2.38. The Morgan fingerprint density at radius 1 is 1.17 bits per heavy atom. The van der Waals surface area contributed by atoms with E-state index in [0.717, 1.165) is 0 Å². The number of hydrogen-bond donors (Lipinski definition) is 0. The fourth-order valence-electron chi connectivity index (χ4n) is 2.94. The predicted molar refractivity (Wildman–Crippen MR) is 86.0 cm³/mol. The zero-order valence-corrected chi connectivity index (χ0v) is 13.0. The van der Waals surface area contributed by atoms with Crippen molar-refractivity contribution in [3.05, 3.63) is 48.0 Å². The van der Waals surface area contributed by atoms with Gasteiger partial charge in [0.2, 0.25) is 0 Å². The van der Waals surface area contributed by atoms with Gasteiger partial charge in [0.05, 0.1) is 24.9 Å². The van der Waals surface area contributed by atoms with Gasteiger partial charge in [-0.25, -0.2) is 0 Å². The second kappa shape index (κ2) is 5.56. The largest absolute Gasteiger partial charge is 0.497 e. The quantitative estimate of drug-likeness (QED) is 0.808. The summed E-state index contributed by atoms with van der Waals surface area (Å²) in [6, 6.07) is 12.4. The molecular weight excluding hydrogens is 310 g/mol. The normalized spacial score (nSPS) is 18.5. The molecule has 2 aliphatic rings. The molecule has 0 spiro atoms. The van der Waals surface area contributed by atoms with Crippen LogP contribution in [0.25, 0.3) is 0 Å². The number of nitrogens with zero attached hydrogens (tertiary/aromatic N) is 1. The van der Waals surface area contributed by atoms with Crippen LogP contribution in [0.15, 0.2) is 42.5 Å². The average Bonchev–Trinajstić information content (AvgIpc) is 2.86. The van der Waals surface area contributed by atoms with Crippen LogP contribution in [0.5, 0.6) is 17.2 Å². The number of hydrogen-bond acceptors (Lipinski definition) is 5. The van der Waals surface area contributed by atoms with Gasteiger partial charge < -0.3 is 19.1 Å². The van der Waals surface area contributed by atoms with Crippen LogP contribution in [0.3, 0.4) is 0 Å². The summed E-state index contributed by atoms with van der Waals surface area (Å²) in [6.07, 6.45) is -0.343. The van der Waals surface area contributed by atoms with E-state index in [2.05, 4.69) is 0 Å². The summed E-state index contributed by atoms with van der Waals surface area (Å²) in [6.45, 7) is 0.568. The van der Waals surface area contributed by atoms with Crippen LogP contribution < -0.4 is 19.1 Å². The van der Waals surface area contributed by atoms with E-state index in [-0.39, 0.29) is 12.6 Å². The summed E-state index contributed by atoms with van der Waals surface area (Å²) >= 11 is 0. The van der Waals surface area contributed by atoms with Crippen LogP contribution in [0, 0.1) is 0 Å². The van der Waals surface area contributed by atoms with Gasteiger partial charge in [-0.2, -0.15) is 0 Å². The van der Waals surface area contributed by atoms with Crippen molar-refractivity contribution in [3.63, 3.8) is 0 Å². The highest BCUT2D eigenvalue weighted by atomic mass is 16.6. The van der Waals surface area contributed by atoms with Crippen LogP contribution in [0.2, 0.25) is 0 Å². The van der Waals surface area contributed by atoms with Gasteiger partial charge in [0.15, 0.2) is 17.6 Å². The first-order valence-corrected chi connectivity index (χ1v) is 7.60. The Bertz CT molecular complexity index is 832. The zero-order valence-electron chi connectivity index (χ0n) is 13.0. The van der Waals surface area contributed by atoms with Crippen molar-refractivity contribution in [2.75, 3.05) is 25.2 Å². The third-order valence-electron chi connectivity index (χ3n) is 4.13. The number of Topliss-reactive ketones (excluding diaryl/α,β-unsaturated/α-hetero) is 1. The summed E-state index contributed by atoms with van der Waals surface area (Å²) in [4.78, 5) is 26.0. The fraction of sp³-hybridized carbons (Fsp3) is 0.222. The van der Waals surface area contributed by atoms with E-state index in [1.165, 1.54) is 12.0 Å². The van der Waals surface area contributed by atoms with Crippen LogP contribution in [0.4, 0.5) is 5.69 Å². The summed E-state index contributed by atoms with van der Waals surface area (Å²) in [5, 5.41) is 0. The van der Waals surface area contributed by atoms with E-state index < -0.39 is 11.7 Å². The SMILES string of the molecule is COc1ccc2c(c1)C(=O)C(=O)N2C[C@@H]1COc2ccccc2O1. The third-order valence-corrected chi connectivity index (χ3v) is 4.13. The Balaban J connectivity index is 1.58. The number of ether oxygens (including phenoxy) is 3. The summed E-state index contributed by atoms with van der Waals surface area (Å²) in [5.74, 6) is 0.786. The van der Waals surface area contributed by atoms with E-state index in [0.29, 0.717) is 35.1 Å². The molecule has 1 atom stereocenters. The van der Waals surface area contributed by atoms with E-state index in [1.54, 1.807) is 18.2 Å². The molecule has 122 valence electrons. The Kier molecular flexibility index (Phi) is 3.37. The van der Waals surface area contributed by atoms with Gasteiger partial charge >= 0.3 is 0 Å². The molecule has 2 aliphatic heterocycles. The molecule has 0 bridgehead atoms. The Labute approximate surface area is 138 Å². The maximum Gasteiger partial charge on any atom is 0.299 e. The molecule has 24 heavy (non-hydrogen) atoms. The number of amides is 1. The molecule has 4 rings (SSSR count).